The minimum Gasteiger partial charge on any atom is -0.489 e. The van der Waals surface area contributed by atoms with Gasteiger partial charge < -0.3 is 44.8 Å². The van der Waals surface area contributed by atoms with E-state index in [0.29, 0.717) is 80.9 Å². The maximum Gasteiger partial charge on any atom is 0.297 e. The van der Waals surface area contributed by atoms with Crippen LogP contribution in [-0.2, 0) is 19.3 Å². The van der Waals surface area contributed by atoms with Gasteiger partial charge in [-0.1, -0.05) is 38.1 Å². The average molecular weight is 1030 g/mol. The number of nitrogens with zero attached hydrogens (tertiary/aromatic N) is 6. The summed E-state index contributed by atoms with van der Waals surface area (Å²) in [5.74, 6) is -0.216. The van der Waals surface area contributed by atoms with Gasteiger partial charge in [0.15, 0.2) is 11.4 Å². The fourth-order valence-electron chi connectivity index (χ4n) is 14.0. The number of H-pyrrole nitrogens is 1. The highest BCUT2D eigenvalue weighted by atomic mass is 32.2. The third kappa shape index (κ3) is 8.15. The van der Waals surface area contributed by atoms with Gasteiger partial charge in [-0.25, -0.2) is 8.42 Å². The number of nitrogens with one attached hydrogen (secondary N) is 2. The van der Waals surface area contributed by atoms with Crippen molar-refractivity contribution < 1.29 is 37.1 Å². The maximum atomic E-state index is 16.2. The van der Waals surface area contributed by atoms with Gasteiger partial charge in [-0.05, 0) is 105 Å². The number of benzene rings is 3. The fourth-order valence-corrected chi connectivity index (χ4v) is 15.7. The number of ether oxygens (including phenoxy) is 4. The first-order valence-electron chi connectivity index (χ1n) is 26.7. The van der Waals surface area contributed by atoms with Gasteiger partial charge >= 0.3 is 0 Å². The van der Waals surface area contributed by atoms with Gasteiger partial charge in [-0.3, -0.25) is 24.7 Å². The van der Waals surface area contributed by atoms with Gasteiger partial charge in [0, 0.05) is 87.1 Å². The second-order valence-corrected chi connectivity index (χ2v) is 24.4. The molecule has 5 saturated heterocycles. The van der Waals surface area contributed by atoms with E-state index in [-0.39, 0.29) is 81.0 Å². The van der Waals surface area contributed by atoms with Crippen LogP contribution in [0.1, 0.15) is 98.7 Å². The van der Waals surface area contributed by atoms with Crippen molar-refractivity contribution in [3.8, 4) is 11.6 Å². The molecule has 7 aliphatic heterocycles. The van der Waals surface area contributed by atoms with Crippen LogP contribution in [0.5, 0.6) is 11.6 Å². The zero-order chi connectivity index (χ0) is 50.6. The third-order valence-corrected chi connectivity index (χ3v) is 19.7. The van der Waals surface area contributed by atoms with Crippen LogP contribution in [0.15, 0.2) is 76.7 Å². The Balaban J connectivity index is 0.887. The zero-order valence-corrected chi connectivity index (χ0v) is 42.9. The lowest BCUT2D eigenvalue weighted by atomic mass is 9.59. The molecule has 8 aliphatic rings. The molecule has 0 radical (unpaired) electrons. The van der Waals surface area contributed by atoms with Crippen molar-refractivity contribution in [3.05, 3.63) is 93.7 Å². The van der Waals surface area contributed by atoms with Gasteiger partial charge in [0.1, 0.15) is 28.9 Å². The smallest absolute Gasteiger partial charge is 0.297 e. The molecular formula is C55H65N9O9S. The number of rotatable bonds is 11. The van der Waals surface area contributed by atoms with Crippen LogP contribution in [-0.4, -0.2) is 135 Å². The Morgan fingerprint density at radius 1 is 0.986 bits per heavy atom. The summed E-state index contributed by atoms with van der Waals surface area (Å²) in [6.07, 6.45) is 9.31. The number of fused-ring (bicyclic) bond motifs is 6. The molecule has 13 rings (SSSR count). The number of nitro groups is 1. The molecule has 1 saturated carbocycles. The van der Waals surface area contributed by atoms with Crippen molar-refractivity contribution in [1.82, 2.24) is 19.8 Å². The topological polar surface area (TPSA) is 211 Å². The highest BCUT2D eigenvalue weighted by molar-refractivity contribution is 7.91. The average Bonchev–Trinajstić information content (AvgIpc) is 4.23. The number of piperidine rings is 1. The fraction of sp³-hybridized carbons (Fsp3) is 0.527. The Morgan fingerprint density at radius 2 is 1.82 bits per heavy atom. The van der Waals surface area contributed by atoms with Crippen LogP contribution in [0, 0.1) is 21.4 Å². The summed E-state index contributed by atoms with van der Waals surface area (Å²) < 4.78 is 57.1. The number of morpholine rings is 1. The van der Waals surface area contributed by atoms with E-state index in [0.717, 1.165) is 63.1 Å². The molecule has 5 aromatic rings. The van der Waals surface area contributed by atoms with Crippen LogP contribution < -0.4 is 30.3 Å². The van der Waals surface area contributed by atoms with Crippen molar-refractivity contribution in [3.63, 3.8) is 0 Å². The van der Waals surface area contributed by atoms with E-state index in [2.05, 4.69) is 63.1 Å². The predicted octanol–water partition coefficient (Wildman–Crippen LogP) is 7.69. The van der Waals surface area contributed by atoms with Crippen molar-refractivity contribution in [2.24, 2.45) is 17.1 Å². The number of amides is 1. The summed E-state index contributed by atoms with van der Waals surface area (Å²) in [7, 11) is -4.76. The lowest BCUT2D eigenvalue weighted by molar-refractivity contribution is -0.384. The van der Waals surface area contributed by atoms with E-state index in [1.54, 1.807) is 18.3 Å². The number of primary amides is 1. The molecule has 9 heterocycles. The molecule has 6 atom stereocenters. The number of nitrogens with two attached hydrogens (primary N) is 1. The first-order chi connectivity index (χ1) is 35.8. The maximum absolute atomic E-state index is 16.2. The lowest BCUT2D eigenvalue weighted by Crippen LogP contribution is -2.55. The summed E-state index contributed by atoms with van der Waals surface area (Å²) in [5, 5.41) is 17.2. The lowest BCUT2D eigenvalue weighted by Gasteiger charge is -2.56. The Labute approximate surface area is 430 Å². The number of pyridine rings is 1. The molecule has 390 valence electrons. The van der Waals surface area contributed by atoms with E-state index in [1.165, 1.54) is 23.6 Å². The zero-order valence-electron chi connectivity index (χ0n) is 42.0. The van der Waals surface area contributed by atoms with Crippen LogP contribution in [0.3, 0.4) is 0 Å². The van der Waals surface area contributed by atoms with E-state index < -0.39 is 32.5 Å². The standard InChI is InChI=1S/C55H65N9O9S/c1-32(2)40-6-3-4-7-41(40)43-8-5-16-62(43)37-24-55(25-37)13-17-60(18-14-55)44-10-9-42(52(56)65)50(63-26-34-12-19-70-31-48(34)73-54-46(63)20-33-11-15-57-53(33)59-54)51(44)74(68,69)39-22-45(64(66)67)49-47(23-39)72-29-35(58-49)27-61-28-38-21-36(61)30-71-38/h3-4,6-7,9-11,15,20,22-23,32,34-38,43,48,58H,5,8,12-14,16-19,21,24-31H2,1-2H3,(H2,56,65)(H,57,59)/t34-,35+,36-,38-,43-,48-/m0/s1. The summed E-state index contributed by atoms with van der Waals surface area (Å²) in [5.41, 5.74) is 10.5. The molecule has 4 N–H and O–H groups in total. The van der Waals surface area contributed by atoms with E-state index in [4.69, 9.17) is 29.7 Å². The van der Waals surface area contributed by atoms with Gasteiger partial charge in [-0.2, -0.15) is 4.98 Å². The van der Waals surface area contributed by atoms with E-state index in [9.17, 15) is 14.9 Å². The van der Waals surface area contributed by atoms with Gasteiger partial charge in [0.25, 0.3) is 11.6 Å². The Bertz CT molecular complexity index is 3150. The normalized spacial score (nSPS) is 26.7. The SMILES string of the molecule is CC(C)c1ccccc1[C@@H]1CCCN1C1CC2(CCN(c3ccc(C(N)=O)c(N4C[C@@H]5CCOC[C@@H]5Oc5nc6[nH]ccc6cc54)c3S(=O)(=O)c3cc4c(c([N+](=O)[O-])c3)N[C@H](CN3C[C@@H]5C[C@H]3CO5)CO4)CC2)C1. The van der Waals surface area contributed by atoms with Gasteiger partial charge in [-0.15, -0.1) is 0 Å². The highest BCUT2D eigenvalue weighted by Crippen LogP contribution is 2.56. The molecule has 6 fully saturated rings. The number of nitro benzene ring substituents is 1. The second-order valence-electron chi connectivity index (χ2n) is 22.5. The first-order valence-corrected chi connectivity index (χ1v) is 28.2. The Kier molecular flexibility index (Phi) is 11.9. The minimum atomic E-state index is -4.76. The number of likely N-dealkylation sites (tertiary alicyclic amines) is 2. The number of aromatic nitrogens is 2. The predicted molar refractivity (Wildman–Crippen MR) is 279 cm³/mol. The Morgan fingerprint density at radius 3 is 2.59 bits per heavy atom. The number of hydrogen-bond donors (Lipinski definition) is 3. The highest BCUT2D eigenvalue weighted by Gasteiger charge is 2.51. The van der Waals surface area contributed by atoms with E-state index >= 15 is 8.42 Å². The molecule has 18 nitrogen and oxygen atoms in total. The number of anilines is 4. The van der Waals surface area contributed by atoms with Gasteiger partial charge in [0.05, 0.1) is 52.1 Å². The van der Waals surface area contributed by atoms with Crippen molar-refractivity contribution in [1.29, 1.82) is 0 Å². The minimum absolute atomic E-state index is 0.0123. The molecule has 1 aliphatic carbocycles. The number of sulfone groups is 1. The third-order valence-electron chi connectivity index (χ3n) is 17.9. The van der Waals surface area contributed by atoms with Crippen molar-refractivity contribution >= 4 is 55.2 Å². The van der Waals surface area contributed by atoms with Crippen LogP contribution in [0.2, 0.25) is 0 Å². The monoisotopic (exact) mass is 1030 g/mol. The van der Waals surface area contributed by atoms with Crippen LogP contribution in [0.25, 0.3) is 11.0 Å². The van der Waals surface area contributed by atoms with Crippen LogP contribution in [0.4, 0.5) is 28.4 Å². The molecule has 19 heteroatoms. The first kappa shape index (κ1) is 47.7. The van der Waals surface area contributed by atoms with Crippen molar-refractivity contribution in [2.45, 2.75) is 117 Å². The Hall–Kier alpha value is -5.99. The molecule has 1 amide bonds. The number of carbonyl (C=O) groups excluding carboxylic acids is 1. The van der Waals surface area contributed by atoms with Gasteiger partial charge in [0.2, 0.25) is 15.7 Å². The quantitative estimate of drug-likeness (QED) is 0.0855. The summed E-state index contributed by atoms with van der Waals surface area (Å²) in [4.78, 5) is 43.2. The summed E-state index contributed by atoms with van der Waals surface area (Å²) >= 11 is 0. The van der Waals surface area contributed by atoms with Crippen LogP contribution >= 0.6 is 0 Å². The molecule has 1 spiro atoms. The summed E-state index contributed by atoms with van der Waals surface area (Å²) in [6, 6.07) is 19.4. The molecule has 0 unspecified atom stereocenters. The number of aromatic amines is 1. The number of carbonyl (C=O) groups is 1. The molecule has 74 heavy (non-hydrogen) atoms. The van der Waals surface area contributed by atoms with Crippen molar-refractivity contribution in [2.75, 3.05) is 80.8 Å². The molecule has 2 bridgehead atoms. The molecular weight excluding hydrogens is 963 g/mol. The second kappa shape index (κ2) is 18.4. The molecule has 3 aromatic carbocycles. The molecule has 2 aromatic heterocycles. The summed E-state index contributed by atoms with van der Waals surface area (Å²) in [6.45, 7) is 10.0. The van der Waals surface area contributed by atoms with E-state index in [1.807, 2.05) is 17.0 Å². The number of hydrogen-bond acceptors (Lipinski definition) is 15. The largest absolute Gasteiger partial charge is 0.489 e.